The minimum atomic E-state index is -0.107. The van der Waals surface area contributed by atoms with E-state index in [2.05, 4.69) is 11.2 Å². The van der Waals surface area contributed by atoms with Gasteiger partial charge in [0.2, 0.25) is 0 Å². The van der Waals surface area contributed by atoms with Crippen molar-refractivity contribution in [1.82, 2.24) is 4.90 Å². The maximum atomic E-state index is 13.1. The van der Waals surface area contributed by atoms with E-state index in [1.165, 1.54) is 44.3 Å². The first-order valence-electron chi connectivity index (χ1n) is 6.73. The average molecular weight is 267 g/mol. The molecule has 0 N–H and O–H groups in total. The van der Waals surface area contributed by atoms with Gasteiger partial charge in [-0.3, -0.25) is 0 Å². The summed E-state index contributed by atoms with van der Waals surface area (Å²) in [6, 6.07) is 7.07. The largest absolute Gasteiger partial charge is 0.302 e. The van der Waals surface area contributed by atoms with Crippen molar-refractivity contribution in [3.63, 3.8) is 0 Å². The topological polar surface area (TPSA) is 3.24 Å². The maximum Gasteiger partial charge on any atom is 0.123 e. The Balaban J connectivity index is 1.76. The fourth-order valence-corrected chi connectivity index (χ4v) is 3.07. The predicted octanol–water partition coefficient (Wildman–Crippen LogP) is 3.44. The van der Waals surface area contributed by atoms with Crippen molar-refractivity contribution in [1.29, 1.82) is 0 Å². The molecular formula is C15H22FNS. The van der Waals surface area contributed by atoms with E-state index in [0.717, 1.165) is 17.9 Å². The summed E-state index contributed by atoms with van der Waals surface area (Å²) >= 11 is 1.92. The summed E-state index contributed by atoms with van der Waals surface area (Å²) < 4.78 is 13.1. The number of halogens is 1. The van der Waals surface area contributed by atoms with Gasteiger partial charge in [-0.25, -0.2) is 4.39 Å². The standard InChI is InChI=1S/C15H22FNS/c1-18-10-9-17-7-5-13(6-8-17)11-14-3-2-4-15(16)12-14/h2-4,12-13H,5-11H2,1H3. The predicted molar refractivity (Wildman–Crippen MR) is 77.7 cm³/mol. The van der Waals surface area contributed by atoms with Gasteiger partial charge in [0.05, 0.1) is 0 Å². The number of hydrogen-bond donors (Lipinski definition) is 0. The van der Waals surface area contributed by atoms with Crippen LogP contribution in [0.2, 0.25) is 0 Å². The molecule has 0 amide bonds. The first-order chi connectivity index (χ1) is 8.78. The summed E-state index contributed by atoms with van der Waals surface area (Å²) in [4.78, 5) is 2.55. The molecule has 1 aliphatic heterocycles. The average Bonchev–Trinajstić information content (AvgIpc) is 2.38. The molecule has 100 valence electrons. The highest BCUT2D eigenvalue weighted by molar-refractivity contribution is 7.98. The molecule has 18 heavy (non-hydrogen) atoms. The van der Waals surface area contributed by atoms with Gasteiger partial charge in [-0.1, -0.05) is 12.1 Å². The lowest BCUT2D eigenvalue weighted by Crippen LogP contribution is -2.35. The molecule has 1 aromatic carbocycles. The zero-order valence-corrected chi connectivity index (χ0v) is 11.9. The Kier molecular flexibility index (Phi) is 5.51. The molecule has 1 nitrogen and oxygen atoms in total. The van der Waals surface area contributed by atoms with Gasteiger partial charge >= 0.3 is 0 Å². The number of likely N-dealkylation sites (tertiary alicyclic amines) is 1. The van der Waals surface area contributed by atoms with E-state index in [1.54, 1.807) is 6.07 Å². The summed E-state index contributed by atoms with van der Waals surface area (Å²) in [5.41, 5.74) is 1.15. The highest BCUT2D eigenvalue weighted by atomic mass is 32.2. The lowest BCUT2D eigenvalue weighted by atomic mass is 9.90. The van der Waals surface area contributed by atoms with E-state index in [0.29, 0.717) is 0 Å². The number of rotatable bonds is 5. The van der Waals surface area contributed by atoms with Crippen LogP contribution in [0.15, 0.2) is 24.3 Å². The molecule has 0 spiro atoms. The SMILES string of the molecule is CSCCN1CCC(Cc2cccc(F)c2)CC1. The number of nitrogens with zero attached hydrogens (tertiary/aromatic N) is 1. The monoisotopic (exact) mass is 267 g/mol. The molecule has 1 aromatic rings. The quantitative estimate of drug-likeness (QED) is 0.804. The first-order valence-corrected chi connectivity index (χ1v) is 8.13. The van der Waals surface area contributed by atoms with Crippen molar-refractivity contribution in [3.05, 3.63) is 35.6 Å². The zero-order chi connectivity index (χ0) is 12.8. The molecule has 1 aliphatic rings. The van der Waals surface area contributed by atoms with E-state index in [9.17, 15) is 4.39 Å². The van der Waals surface area contributed by atoms with E-state index in [1.807, 2.05) is 23.9 Å². The molecule has 3 heteroatoms. The van der Waals surface area contributed by atoms with E-state index in [-0.39, 0.29) is 5.82 Å². The van der Waals surface area contributed by atoms with Crippen LogP contribution in [0, 0.1) is 11.7 Å². The van der Waals surface area contributed by atoms with Crippen LogP contribution in [0.1, 0.15) is 18.4 Å². The number of piperidine rings is 1. The Hall–Kier alpha value is -0.540. The Morgan fingerprint density at radius 3 is 2.78 bits per heavy atom. The van der Waals surface area contributed by atoms with Crippen molar-refractivity contribution in [2.45, 2.75) is 19.3 Å². The van der Waals surface area contributed by atoms with Crippen molar-refractivity contribution in [2.75, 3.05) is 31.6 Å². The normalized spacial score (nSPS) is 18.1. The van der Waals surface area contributed by atoms with Crippen molar-refractivity contribution in [2.24, 2.45) is 5.92 Å². The minimum absolute atomic E-state index is 0.107. The van der Waals surface area contributed by atoms with Crippen LogP contribution < -0.4 is 0 Å². The number of hydrogen-bond acceptors (Lipinski definition) is 2. The van der Waals surface area contributed by atoms with Crippen LogP contribution in [0.4, 0.5) is 4.39 Å². The molecule has 0 saturated carbocycles. The van der Waals surface area contributed by atoms with Crippen LogP contribution in [0.25, 0.3) is 0 Å². The van der Waals surface area contributed by atoms with Gasteiger partial charge in [-0.2, -0.15) is 11.8 Å². The van der Waals surface area contributed by atoms with Crippen molar-refractivity contribution in [3.8, 4) is 0 Å². The zero-order valence-electron chi connectivity index (χ0n) is 11.1. The summed E-state index contributed by atoms with van der Waals surface area (Å²) in [5, 5.41) is 0. The summed E-state index contributed by atoms with van der Waals surface area (Å²) in [5.74, 6) is 1.86. The Bertz CT molecular complexity index is 361. The second-order valence-corrected chi connectivity index (χ2v) is 6.10. The van der Waals surface area contributed by atoms with Gasteiger partial charge in [0.15, 0.2) is 0 Å². The number of thioether (sulfide) groups is 1. The number of benzene rings is 1. The second-order valence-electron chi connectivity index (χ2n) is 5.11. The molecule has 0 atom stereocenters. The Labute approximate surface area is 114 Å². The van der Waals surface area contributed by atoms with Crippen LogP contribution in [0.3, 0.4) is 0 Å². The second kappa shape index (κ2) is 7.15. The molecule has 1 heterocycles. The molecule has 0 bridgehead atoms. The maximum absolute atomic E-state index is 13.1. The smallest absolute Gasteiger partial charge is 0.123 e. The van der Waals surface area contributed by atoms with Gasteiger partial charge in [0.1, 0.15) is 5.82 Å². The van der Waals surface area contributed by atoms with Crippen LogP contribution in [0.5, 0.6) is 0 Å². The lowest BCUT2D eigenvalue weighted by Gasteiger charge is -2.31. The van der Waals surface area contributed by atoms with Gasteiger partial charge in [0, 0.05) is 12.3 Å². The molecule has 0 unspecified atom stereocenters. The van der Waals surface area contributed by atoms with Gasteiger partial charge in [-0.15, -0.1) is 0 Å². The highest BCUT2D eigenvalue weighted by Crippen LogP contribution is 2.22. The molecular weight excluding hydrogens is 245 g/mol. The molecule has 1 saturated heterocycles. The molecule has 0 aromatic heterocycles. The Morgan fingerprint density at radius 1 is 1.33 bits per heavy atom. The van der Waals surface area contributed by atoms with Crippen LogP contribution in [-0.4, -0.2) is 36.5 Å². The summed E-state index contributed by atoms with van der Waals surface area (Å²) in [7, 11) is 0. The highest BCUT2D eigenvalue weighted by Gasteiger charge is 2.18. The third-order valence-electron chi connectivity index (χ3n) is 3.73. The lowest BCUT2D eigenvalue weighted by molar-refractivity contribution is 0.193. The minimum Gasteiger partial charge on any atom is -0.302 e. The van der Waals surface area contributed by atoms with Gasteiger partial charge in [-0.05, 0) is 62.2 Å². The van der Waals surface area contributed by atoms with Crippen LogP contribution in [-0.2, 0) is 6.42 Å². The molecule has 1 fully saturated rings. The van der Waals surface area contributed by atoms with E-state index >= 15 is 0 Å². The molecule has 0 radical (unpaired) electrons. The van der Waals surface area contributed by atoms with Crippen LogP contribution >= 0.6 is 11.8 Å². The van der Waals surface area contributed by atoms with E-state index < -0.39 is 0 Å². The molecule has 2 rings (SSSR count). The summed E-state index contributed by atoms with van der Waals surface area (Å²) in [6.07, 6.45) is 5.71. The first kappa shape index (κ1) is 13.9. The third-order valence-corrected chi connectivity index (χ3v) is 4.32. The van der Waals surface area contributed by atoms with Crippen molar-refractivity contribution >= 4 is 11.8 Å². The van der Waals surface area contributed by atoms with Crippen molar-refractivity contribution < 1.29 is 4.39 Å². The Morgan fingerprint density at radius 2 is 2.11 bits per heavy atom. The van der Waals surface area contributed by atoms with Gasteiger partial charge in [0.25, 0.3) is 0 Å². The molecule has 0 aliphatic carbocycles. The third kappa shape index (κ3) is 4.29. The fraction of sp³-hybridized carbons (Fsp3) is 0.600. The summed E-state index contributed by atoms with van der Waals surface area (Å²) in [6.45, 7) is 3.63. The van der Waals surface area contributed by atoms with Gasteiger partial charge < -0.3 is 4.90 Å². The van der Waals surface area contributed by atoms with E-state index in [4.69, 9.17) is 0 Å². The fourth-order valence-electron chi connectivity index (χ4n) is 2.63.